The van der Waals surface area contributed by atoms with Gasteiger partial charge >= 0.3 is 6.61 Å². The maximum Gasteiger partial charge on any atom is 0.387 e. The third-order valence-electron chi connectivity index (χ3n) is 3.45. The van der Waals surface area contributed by atoms with Crippen LogP contribution in [0.1, 0.15) is 23.2 Å². The number of hydrogen-bond donors (Lipinski definition) is 0. The van der Waals surface area contributed by atoms with Crippen molar-refractivity contribution in [3.63, 3.8) is 0 Å². The molecule has 1 aromatic carbocycles. The Bertz CT molecular complexity index is 445. The number of halogens is 3. The second-order valence-corrected chi connectivity index (χ2v) is 5.44. The van der Waals surface area contributed by atoms with Crippen LogP contribution in [0.3, 0.4) is 0 Å². The van der Waals surface area contributed by atoms with Crippen molar-refractivity contribution in [3.8, 4) is 5.75 Å². The molecular formula is C14H16BrF2NO2. The first kappa shape index (κ1) is 15.2. The van der Waals surface area contributed by atoms with Crippen molar-refractivity contribution in [1.29, 1.82) is 0 Å². The van der Waals surface area contributed by atoms with Crippen LogP contribution < -0.4 is 4.74 Å². The second kappa shape index (κ2) is 7.02. The SMILES string of the molecule is O=C(c1ccc(OC(F)F)cc1)N1CCC(CBr)CC1. The molecule has 0 aromatic heterocycles. The Morgan fingerprint density at radius 2 is 1.90 bits per heavy atom. The molecule has 0 aliphatic carbocycles. The van der Waals surface area contributed by atoms with E-state index in [4.69, 9.17) is 0 Å². The van der Waals surface area contributed by atoms with E-state index < -0.39 is 6.61 Å². The molecule has 0 saturated carbocycles. The third kappa shape index (κ3) is 3.91. The molecule has 0 unspecified atom stereocenters. The standard InChI is InChI=1S/C14H16BrF2NO2/c15-9-10-5-7-18(8-6-10)13(19)11-1-3-12(4-2-11)20-14(16)17/h1-4,10,14H,5-9H2. The molecule has 1 heterocycles. The van der Waals surface area contributed by atoms with Crippen LogP contribution in [0.15, 0.2) is 24.3 Å². The molecule has 0 N–H and O–H groups in total. The van der Waals surface area contributed by atoms with Crippen molar-refractivity contribution in [2.45, 2.75) is 19.5 Å². The monoisotopic (exact) mass is 347 g/mol. The Hall–Kier alpha value is -1.17. The molecule has 1 saturated heterocycles. The van der Waals surface area contributed by atoms with Crippen molar-refractivity contribution in [1.82, 2.24) is 4.90 Å². The maximum absolute atomic E-state index is 12.3. The second-order valence-electron chi connectivity index (χ2n) is 4.79. The normalized spacial score (nSPS) is 16.5. The fourth-order valence-electron chi connectivity index (χ4n) is 2.25. The summed E-state index contributed by atoms with van der Waals surface area (Å²) in [5, 5.41) is 0.967. The van der Waals surface area contributed by atoms with E-state index >= 15 is 0 Å². The Morgan fingerprint density at radius 3 is 2.40 bits per heavy atom. The van der Waals surface area contributed by atoms with E-state index in [1.807, 2.05) is 4.90 Å². The molecule has 1 aliphatic heterocycles. The Morgan fingerprint density at radius 1 is 1.30 bits per heavy atom. The van der Waals surface area contributed by atoms with Crippen molar-refractivity contribution in [2.24, 2.45) is 5.92 Å². The number of hydrogen-bond acceptors (Lipinski definition) is 2. The van der Waals surface area contributed by atoms with Crippen molar-refractivity contribution >= 4 is 21.8 Å². The van der Waals surface area contributed by atoms with Gasteiger partial charge in [-0.25, -0.2) is 0 Å². The summed E-state index contributed by atoms with van der Waals surface area (Å²) in [6, 6.07) is 5.84. The van der Waals surface area contributed by atoms with Crippen LogP contribution in [-0.4, -0.2) is 35.8 Å². The number of carbonyl (C=O) groups is 1. The maximum atomic E-state index is 12.3. The number of likely N-dealkylation sites (tertiary alicyclic amines) is 1. The van der Waals surface area contributed by atoms with Crippen LogP contribution in [0.2, 0.25) is 0 Å². The number of ether oxygens (including phenoxy) is 1. The van der Waals surface area contributed by atoms with Crippen LogP contribution >= 0.6 is 15.9 Å². The topological polar surface area (TPSA) is 29.5 Å². The van der Waals surface area contributed by atoms with Crippen LogP contribution in [0.4, 0.5) is 8.78 Å². The van der Waals surface area contributed by atoms with Gasteiger partial charge in [0.05, 0.1) is 0 Å². The van der Waals surface area contributed by atoms with Gasteiger partial charge < -0.3 is 9.64 Å². The number of alkyl halides is 3. The number of benzene rings is 1. The molecule has 6 heteroatoms. The predicted octanol–water partition coefficient (Wildman–Crippen LogP) is 3.54. The van der Waals surface area contributed by atoms with E-state index in [0.29, 0.717) is 11.5 Å². The van der Waals surface area contributed by atoms with E-state index in [0.717, 1.165) is 31.3 Å². The van der Waals surface area contributed by atoms with Crippen LogP contribution in [0.25, 0.3) is 0 Å². The summed E-state index contributed by atoms with van der Waals surface area (Å²) in [4.78, 5) is 14.1. The van der Waals surface area contributed by atoms with Gasteiger partial charge in [-0.15, -0.1) is 0 Å². The van der Waals surface area contributed by atoms with E-state index in [1.165, 1.54) is 24.3 Å². The van der Waals surface area contributed by atoms with E-state index in [-0.39, 0.29) is 11.7 Å². The molecule has 1 aromatic rings. The quantitative estimate of drug-likeness (QED) is 0.779. The summed E-state index contributed by atoms with van der Waals surface area (Å²) in [5.74, 6) is 0.636. The lowest BCUT2D eigenvalue weighted by Crippen LogP contribution is -2.38. The van der Waals surface area contributed by atoms with Gasteiger partial charge in [-0.2, -0.15) is 8.78 Å². The molecular weight excluding hydrogens is 332 g/mol. The fraction of sp³-hybridized carbons (Fsp3) is 0.500. The first-order chi connectivity index (χ1) is 9.60. The zero-order valence-electron chi connectivity index (χ0n) is 10.9. The first-order valence-electron chi connectivity index (χ1n) is 6.50. The number of carbonyl (C=O) groups excluding carboxylic acids is 1. The summed E-state index contributed by atoms with van der Waals surface area (Å²) in [5.41, 5.74) is 0.504. The summed E-state index contributed by atoms with van der Waals surface area (Å²) in [6.07, 6.45) is 1.98. The Kier molecular flexibility index (Phi) is 5.34. The minimum atomic E-state index is -2.85. The predicted molar refractivity (Wildman–Crippen MR) is 75.5 cm³/mol. The molecule has 1 fully saturated rings. The fourth-order valence-corrected chi connectivity index (χ4v) is 2.90. The average Bonchev–Trinajstić information content (AvgIpc) is 2.47. The largest absolute Gasteiger partial charge is 0.435 e. The Labute approximate surface area is 125 Å². The molecule has 110 valence electrons. The smallest absolute Gasteiger partial charge is 0.387 e. The molecule has 1 amide bonds. The number of rotatable bonds is 4. The molecule has 0 atom stereocenters. The number of nitrogens with zero attached hydrogens (tertiary/aromatic N) is 1. The molecule has 2 rings (SSSR count). The number of amides is 1. The summed E-state index contributed by atoms with van der Waals surface area (Å²) in [7, 11) is 0. The highest BCUT2D eigenvalue weighted by Crippen LogP contribution is 2.21. The van der Waals surface area contributed by atoms with Gasteiger partial charge in [0, 0.05) is 24.0 Å². The van der Waals surface area contributed by atoms with Gasteiger partial charge in [0.25, 0.3) is 5.91 Å². The van der Waals surface area contributed by atoms with E-state index in [1.54, 1.807) is 0 Å². The van der Waals surface area contributed by atoms with Crippen molar-refractivity contribution < 1.29 is 18.3 Å². The minimum absolute atomic E-state index is 0.0541. The van der Waals surface area contributed by atoms with Crippen LogP contribution in [0.5, 0.6) is 5.75 Å². The van der Waals surface area contributed by atoms with E-state index in [9.17, 15) is 13.6 Å². The number of piperidine rings is 1. The van der Waals surface area contributed by atoms with Crippen LogP contribution in [-0.2, 0) is 0 Å². The molecule has 20 heavy (non-hydrogen) atoms. The van der Waals surface area contributed by atoms with Gasteiger partial charge in [0.1, 0.15) is 5.75 Å². The molecule has 3 nitrogen and oxygen atoms in total. The van der Waals surface area contributed by atoms with Gasteiger partial charge in [-0.1, -0.05) is 15.9 Å². The highest BCUT2D eigenvalue weighted by atomic mass is 79.9. The minimum Gasteiger partial charge on any atom is -0.435 e. The van der Waals surface area contributed by atoms with Gasteiger partial charge in [0.15, 0.2) is 0 Å². The van der Waals surface area contributed by atoms with Gasteiger partial charge in [-0.3, -0.25) is 4.79 Å². The average molecular weight is 348 g/mol. The summed E-state index contributed by atoms with van der Waals surface area (Å²) < 4.78 is 28.3. The van der Waals surface area contributed by atoms with Crippen molar-refractivity contribution in [3.05, 3.63) is 29.8 Å². The summed E-state index contributed by atoms with van der Waals surface area (Å²) in [6.45, 7) is -1.37. The highest BCUT2D eigenvalue weighted by Gasteiger charge is 2.23. The van der Waals surface area contributed by atoms with Crippen molar-refractivity contribution in [2.75, 3.05) is 18.4 Å². The first-order valence-corrected chi connectivity index (χ1v) is 7.62. The van der Waals surface area contributed by atoms with Gasteiger partial charge in [-0.05, 0) is 43.0 Å². The summed E-state index contributed by atoms with van der Waals surface area (Å²) >= 11 is 3.46. The highest BCUT2D eigenvalue weighted by molar-refractivity contribution is 9.09. The molecule has 0 spiro atoms. The molecule has 0 bridgehead atoms. The van der Waals surface area contributed by atoms with E-state index in [2.05, 4.69) is 20.7 Å². The Balaban J connectivity index is 1.95. The zero-order chi connectivity index (χ0) is 14.5. The molecule has 1 aliphatic rings. The molecule has 0 radical (unpaired) electrons. The lowest BCUT2D eigenvalue weighted by molar-refractivity contribution is -0.0498. The lowest BCUT2D eigenvalue weighted by atomic mass is 9.98. The van der Waals surface area contributed by atoms with Crippen LogP contribution in [0, 0.1) is 5.92 Å². The zero-order valence-corrected chi connectivity index (χ0v) is 12.5. The third-order valence-corrected chi connectivity index (χ3v) is 4.36. The lowest BCUT2D eigenvalue weighted by Gasteiger charge is -2.31. The van der Waals surface area contributed by atoms with Gasteiger partial charge in [0.2, 0.25) is 0 Å².